The number of aliphatic hydroxyl groups excluding tert-OH is 1. The van der Waals surface area contributed by atoms with Crippen LogP contribution >= 0.6 is 0 Å². The summed E-state index contributed by atoms with van der Waals surface area (Å²) in [6.45, 7) is 0. The van der Waals surface area contributed by atoms with E-state index in [1.54, 1.807) is 18.2 Å². The molecule has 3 nitrogen and oxygen atoms in total. The molecule has 0 heterocycles. The summed E-state index contributed by atoms with van der Waals surface area (Å²) in [5, 5.41) is 10.1. The highest BCUT2D eigenvalue weighted by Crippen LogP contribution is 2.38. The van der Waals surface area contributed by atoms with Crippen LogP contribution in [0.2, 0.25) is 0 Å². The molecule has 0 radical (unpaired) electrons. The third-order valence-electron chi connectivity index (χ3n) is 3.14. The van der Waals surface area contributed by atoms with Gasteiger partial charge in [0.2, 0.25) is 5.91 Å². The Morgan fingerprint density at radius 2 is 2.07 bits per heavy atom. The van der Waals surface area contributed by atoms with E-state index >= 15 is 0 Å². The molecule has 0 aromatic heterocycles. The van der Waals surface area contributed by atoms with Crippen molar-refractivity contribution < 1.29 is 9.90 Å². The summed E-state index contributed by atoms with van der Waals surface area (Å²) in [5.74, 6) is -0.172. The maximum atomic E-state index is 11.2. The highest BCUT2D eigenvalue weighted by Gasteiger charge is 2.28. The lowest BCUT2D eigenvalue weighted by atomic mass is 9.78. The fourth-order valence-electron chi connectivity index (χ4n) is 1.99. The average Bonchev–Trinajstić information content (AvgIpc) is 2.15. The van der Waals surface area contributed by atoms with Crippen molar-refractivity contribution in [2.45, 2.75) is 25.4 Å². The zero-order valence-electron chi connectivity index (χ0n) is 8.52. The van der Waals surface area contributed by atoms with Crippen LogP contribution in [-0.4, -0.2) is 11.0 Å². The van der Waals surface area contributed by atoms with Crippen molar-refractivity contribution in [3.8, 4) is 0 Å². The van der Waals surface area contributed by atoms with E-state index in [0.29, 0.717) is 17.0 Å². The minimum absolute atomic E-state index is 0.297. The molecule has 80 valence electrons. The van der Waals surface area contributed by atoms with E-state index in [9.17, 15) is 9.90 Å². The molecule has 1 unspecified atom stereocenters. The second-order valence-corrected chi connectivity index (χ2v) is 4.09. The molecule has 0 saturated heterocycles. The van der Waals surface area contributed by atoms with Gasteiger partial charge in [-0.25, -0.2) is 0 Å². The lowest BCUT2D eigenvalue weighted by Gasteiger charge is -2.31. The van der Waals surface area contributed by atoms with E-state index in [1.165, 1.54) is 6.42 Å². The smallest absolute Gasteiger partial charge is 0.249 e. The van der Waals surface area contributed by atoms with Crippen molar-refractivity contribution in [1.29, 1.82) is 0 Å². The van der Waals surface area contributed by atoms with Crippen LogP contribution in [0.1, 0.15) is 41.3 Å². The van der Waals surface area contributed by atoms with Crippen molar-refractivity contribution in [3.05, 3.63) is 35.4 Å². The molecule has 15 heavy (non-hydrogen) atoms. The lowest BCUT2D eigenvalue weighted by Crippen LogP contribution is -2.23. The van der Waals surface area contributed by atoms with Crippen LogP contribution in [0.4, 0.5) is 0 Å². The average molecular weight is 205 g/mol. The molecule has 3 heteroatoms. The molecular weight excluding hydrogens is 190 g/mol. The number of hydrogen-bond acceptors (Lipinski definition) is 2. The number of carbonyl (C=O) groups excluding carboxylic acids is 1. The Labute approximate surface area is 88.9 Å². The van der Waals surface area contributed by atoms with Gasteiger partial charge in [-0.2, -0.15) is 0 Å². The van der Waals surface area contributed by atoms with Gasteiger partial charge in [-0.1, -0.05) is 24.6 Å². The zero-order chi connectivity index (χ0) is 10.8. The summed E-state index contributed by atoms with van der Waals surface area (Å²) in [6.07, 6.45) is 2.70. The predicted molar refractivity (Wildman–Crippen MR) is 57.3 cm³/mol. The van der Waals surface area contributed by atoms with Crippen LogP contribution < -0.4 is 5.73 Å². The molecule has 1 fully saturated rings. The van der Waals surface area contributed by atoms with Crippen molar-refractivity contribution in [3.63, 3.8) is 0 Å². The lowest BCUT2D eigenvalue weighted by molar-refractivity contribution is 0.0607. The van der Waals surface area contributed by atoms with E-state index < -0.39 is 12.0 Å². The van der Waals surface area contributed by atoms with E-state index in [4.69, 9.17) is 5.73 Å². The van der Waals surface area contributed by atoms with Gasteiger partial charge >= 0.3 is 0 Å². The molecule has 0 bridgehead atoms. The highest BCUT2D eigenvalue weighted by atomic mass is 16.3. The highest BCUT2D eigenvalue weighted by molar-refractivity contribution is 5.94. The first-order valence-electron chi connectivity index (χ1n) is 5.27. The van der Waals surface area contributed by atoms with Crippen molar-refractivity contribution >= 4 is 5.91 Å². The summed E-state index contributed by atoms with van der Waals surface area (Å²) in [6, 6.07) is 7.03. The maximum Gasteiger partial charge on any atom is 0.249 e. The minimum atomic E-state index is -0.539. The first-order valence-corrected chi connectivity index (χ1v) is 5.27. The molecule has 1 atom stereocenters. The molecule has 0 spiro atoms. The van der Waals surface area contributed by atoms with Gasteiger partial charge in [0.15, 0.2) is 0 Å². The molecule has 0 aliphatic heterocycles. The van der Waals surface area contributed by atoms with Crippen molar-refractivity contribution in [2.75, 3.05) is 0 Å². The predicted octanol–water partition coefficient (Wildman–Crippen LogP) is 1.62. The number of primary amides is 1. The standard InChI is InChI=1S/C12H15NO2/c13-12(15)10-7-2-1-6-9(10)11(14)8-4-3-5-8/h1-2,6-8,11,14H,3-5H2,(H2,13,15). The van der Waals surface area contributed by atoms with E-state index in [2.05, 4.69) is 0 Å². The Balaban J connectivity index is 2.29. The van der Waals surface area contributed by atoms with E-state index in [-0.39, 0.29) is 0 Å². The van der Waals surface area contributed by atoms with Gasteiger partial charge < -0.3 is 10.8 Å². The van der Waals surface area contributed by atoms with E-state index in [0.717, 1.165) is 12.8 Å². The number of aliphatic hydroxyl groups is 1. The van der Waals surface area contributed by atoms with Crippen LogP contribution in [-0.2, 0) is 0 Å². The number of nitrogens with two attached hydrogens (primary N) is 1. The van der Waals surface area contributed by atoms with Crippen LogP contribution in [0.15, 0.2) is 24.3 Å². The Morgan fingerprint density at radius 3 is 2.60 bits per heavy atom. The Morgan fingerprint density at radius 1 is 1.40 bits per heavy atom. The number of rotatable bonds is 3. The van der Waals surface area contributed by atoms with Gasteiger partial charge in [0, 0.05) is 5.56 Å². The Kier molecular flexibility index (Phi) is 2.73. The Hall–Kier alpha value is -1.35. The molecule has 1 aliphatic carbocycles. The molecule has 1 amide bonds. The van der Waals surface area contributed by atoms with Crippen LogP contribution in [0.3, 0.4) is 0 Å². The zero-order valence-corrected chi connectivity index (χ0v) is 8.52. The number of amides is 1. The van der Waals surface area contributed by atoms with Crippen molar-refractivity contribution in [2.24, 2.45) is 11.7 Å². The molecule has 1 saturated carbocycles. The fourth-order valence-corrected chi connectivity index (χ4v) is 1.99. The Bertz CT molecular complexity index is 372. The van der Waals surface area contributed by atoms with Gasteiger partial charge in [0.25, 0.3) is 0 Å². The van der Waals surface area contributed by atoms with Crippen LogP contribution in [0, 0.1) is 5.92 Å². The largest absolute Gasteiger partial charge is 0.388 e. The normalized spacial score (nSPS) is 18.2. The van der Waals surface area contributed by atoms with Crippen LogP contribution in [0.5, 0.6) is 0 Å². The third kappa shape index (κ3) is 1.88. The molecule has 2 rings (SSSR count). The molecule has 3 N–H and O–H groups in total. The number of carbonyl (C=O) groups is 1. The van der Waals surface area contributed by atoms with Crippen molar-refractivity contribution in [1.82, 2.24) is 0 Å². The summed E-state index contributed by atoms with van der Waals surface area (Å²) in [4.78, 5) is 11.2. The monoisotopic (exact) mass is 205 g/mol. The first kappa shape index (κ1) is 10.2. The van der Waals surface area contributed by atoms with Crippen LogP contribution in [0.25, 0.3) is 0 Å². The van der Waals surface area contributed by atoms with Gasteiger partial charge in [0.1, 0.15) is 0 Å². The molecular formula is C12H15NO2. The second-order valence-electron chi connectivity index (χ2n) is 4.09. The molecule has 1 aromatic carbocycles. The maximum absolute atomic E-state index is 11.2. The summed E-state index contributed by atoms with van der Waals surface area (Å²) >= 11 is 0. The topological polar surface area (TPSA) is 63.3 Å². The number of hydrogen-bond donors (Lipinski definition) is 2. The summed E-state index contributed by atoms with van der Waals surface area (Å²) in [5.41, 5.74) is 6.38. The second kappa shape index (κ2) is 4.03. The third-order valence-corrected chi connectivity index (χ3v) is 3.14. The van der Waals surface area contributed by atoms with Gasteiger partial charge in [-0.3, -0.25) is 4.79 Å². The van der Waals surface area contributed by atoms with Gasteiger partial charge in [0.05, 0.1) is 6.10 Å². The number of benzene rings is 1. The quantitative estimate of drug-likeness (QED) is 0.787. The first-order chi connectivity index (χ1) is 7.20. The molecule has 1 aliphatic rings. The SMILES string of the molecule is NC(=O)c1ccccc1C(O)C1CCC1. The van der Waals surface area contributed by atoms with Gasteiger partial charge in [-0.15, -0.1) is 0 Å². The molecule has 1 aromatic rings. The summed E-state index contributed by atoms with van der Waals surface area (Å²) < 4.78 is 0. The summed E-state index contributed by atoms with van der Waals surface area (Å²) in [7, 11) is 0. The minimum Gasteiger partial charge on any atom is -0.388 e. The fraction of sp³-hybridized carbons (Fsp3) is 0.417. The van der Waals surface area contributed by atoms with Gasteiger partial charge in [-0.05, 0) is 30.4 Å². The van der Waals surface area contributed by atoms with E-state index in [1.807, 2.05) is 6.07 Å².